The summed E-state index contributed by atoms with van der Waals surface area (Å²) in [6.07, 6.45) is -5.08. The van der Waals surface area contributed by atoms with Crippen molar-refractivity contribution in [3.63, 3.8) is 0 Å². The largest absolute Gasteiger partial charge is 0.480 e. The van der Waals surface area contributed by atoms with Crippen LogP contribution in [0.2, 0.25) is 0 Å². The van der Waals surface area contributed by atoms with Crippen LogP contribution in [0.4, 0.5) is 13.2 Å². The number of benzene rings is 1. The average Bonchev–Trinajstić information content (AvgIpc) is 2.34. The molecule has 4 nitrogen and oxygen atoms in total. The maximum atomic E-state index is 12.8. The molecule has 116 valence electrons. The van der Waals surface area contributed by atoms with E-state index in [0.29, 0.717) is 0 Å². The van der Waals surface area contributed by atoms with Gasteiger partial charge in [0.2, 0.25) is 5.91 Å². The Bertz CT molecular complexity index is 526. The number of carbonyl (C=O) groups is 2. The Labute approximate surface area is 120 Å². The van der Waals surface area contributed by atoms with Crippen molar-refractivity contribution in [2.75, 3.05) is 0 Å². The Morgan fingerprint density at radius 1 is 1.24 bits per heavy atom. The fraction of sp³-hybridized carbons (Fsp3) is 0.429. The van der Waals surface area contributed by atoms with E-state index in [2.05, 4.69) is 5.32 Å². The lowest BCUT2D eigenvalue weighted by Gasteiger charge is -2.18. The quantitative estimate of drug-likeness (QED) is 0.878. The maximum absolute atomic E-state index is 12.8. The zero-order valence-electron chi connectivity index (χ0n) is 11.6. The molecular formula is C14H16F3NO3. The van der Waals surface area contributed by atoms with Crippen LogP contribution in [0, 0.1) is 5.92 Å². The highest BCUT2D eigenvalue weighted by atomic mass is 19.4. The summed E-state index contributed by atoms with van der Waals surface area (Å²) in [7, 11) is 0. The van der Waals surface area contributed by atoms with E-state index in [-0.39, 0.29) is 11.5 Å². The number of hydrogen-bond donors (Lipinski definition) is 2. The van der Waals surface area contributed by atoms with E-state index in [1.807, 2.05) is 0 Å². The Balaban J connectivity index is 2.87. The molecule has 0 aliphatic carbocycles. The minimum absolute atomic E-state index is 0.185. The third-order valence-corrected chi connectivity index (χ3v) is 2.92. The lowest BCUT2D eigenvalue weighted by Crippen LogP contribution is -2.45. The SMILES string of the molecule is CC(C)C(NC(=O)Cc1ccccc1C(F)(F)F)C(=O)O. The van der Waals surface area contributed by atoms with E-state index in [1.54, 1.807) is 13.8 Å². The van der Waals surface area contributed by atoms with Crippen LogP contribution < -0.4 is 5.32 Å². The monoisotopic (exact) mass is 303 g/mol. The van der Waals surface area contributed by atoms with E-state index < -0.39 is 36.1 Å². The van der Waals surface area contributed by atoms with Gasteiger partial charge in [-0.2, -0.15) is 13.2 Å². The van der Waals surface area contributed by atoms with Crippen LogP contribution in [0.5, 0.6) is 0 Å². The van der Waals surface area contributed by atoms with Gasteiger partial charge in [-0.3, -0.25) is 4.79 Å². The number of alkyl halides is 3. The van der Waals surface area contributed by atoms with Gasteiger partial charge in [-0.1, -0.05) is 32.0 Å². The zero-order chi connectivity index (χ0) is 16.2. The molecule has 1 aromatic rings. The smallest absolute Gasteiger partial charge is 0.416 e. The molecule has 1 atom stereocenters. The van der Waals surface area contributed by atoms with Crippen molar-refractivity contribution in [2.45, 2.75) is 32.5 Å². The Kier molecular flexibility index (Phi) is 5.34. The van der Waals surface area contributed by atoms with Gasteiger partial charge < -0.3 is 10.4 Å². The van der Waals surface area contributed by atoms with Crippen LogP contribution in [0.25, 0.3) is 0 Å². The maximum Gasteiger partial charge on any atom is 0.416 e. The van der Waals surface area contributed by atoms with Gasteiger partial charge in [0.15, 0.2) is 0 Å². The Morgan fingerprint density at radius 2 is 1.81 bits per heavy atom. The molecule has 0 saturated carbocycles. The van der Waals surface area contributed by atoms with E-state index >= 15 is 0 Å². The molecule has 1 amide bonds. The molecule has 0 aliphatic heterocycles. The van der Waals surface area contributed by atoms with Gasteiger partial charge in [0, 0.05) is 0 Å². The van der Waals surface area contributed by atoms with Crippen molar-refractivity contribution < 1.29 is 27.9 Å². The van der Waals surface area contributed by atoms with Crippen LogP contribution in [0.1, 0.15) is 25.0 Å². The highest BCUT2D eigenvalue weighted by Gasteiger charge is 2.33. The number of carboxylic acids is 1. The molecule has 0 bridgehead atoms. The predicted octanol–water partition coefficient (Wildman–Crippen LogP) is 2.47. The van der Waals surface area contributed by atoms with Crippen molar-refractivity contribution in [3.8, 4) is 0 Å². The van der Waals surface area contributed by atoms with Crippen LogP contribution in [0.15, 0.2) is 24.3 Å². The summed E-state index contributed by atoms with van der Waals surface area (Å²) in [4.78, 5) is 22.7. The summed E-state index contributed by atoms with van der Waals surface area (Å²) in [6, 6.07) is 3.59. The van der Waals surface area contributed by atoms with Gasteiger partial charge in [-0.05, 0) is 17.5 Å². The van der Waals surface area contributed by atoms with Gasteiger partial charge in [0.05, 0.1) is 12.0 Å². The molecule has 0 heterocycles. The highest BCUT2D eigenvalue weighted by Crippen LogP contribution is 2.32. The van der Waals surface area contributed by atoms with Crippen molar-refractivity contribution in [2.24, 2.45) is 5.92 Å². The molecule has 21 heavy (non-hydrogen) atoms. The standard InChI is InChI=1S/C14H16F3NO3/c1-8(2)12(13(20)21)18-11(19)7-9-5-3-4-6-10(9)14(15,16)17/h3-6,8,12H,7H2,1-2H3,(H,18,19)(H,20,21). The van der Waals surface area contributed by atoms with E-state index in [4.69, 9.17) is 5.11 Å². The van der Waals surface area contributed by atoms with Crippen LogP contribution in [0.3, 0.4) is 0 Å². The van der Waals surface area contributed by atoms with Gasteiger partial charge >= 0.3 is 12.1 Å². The van der Waals surface area contributed by atoms with E-state index in [9.17, 15) is 22.8 Å². The lowest BCUT2D eigenvalue weighted by molar-refractivity contribution is -0.143. The number of amides is 1. The minimum Gasteiger partial charge on any atom is -0.480 e. The molecule has 0 aromatic heterocycles. The summed E-state index contributed by atoms with van der Waals surface area (Å²) >= 11 is 0. The first-order valence-corrected chi connectivity index (χ1v) is 6.30. The van der Waals surface area contributed by atoms with Crippen molar-refractivity contribution >= 4 is 11.9 Å². The van der Waals surface area contributed by atoms with Gasteiger partial charge in [0.1, 0.15) is 6.04 Å². The number of carbonyl (C=O) groups excluding carboxylic acids is 1. The number of aliphatic carboxylic acids is 1. The number of halogens is 3. The first kappa shape index (κ1) is 17.0. The molecule has 1 unspecified atom stereocenters. The van der Waals surface area contributed by atoms with Gasteiger partial charge in [-0.25, -0.2) is 4.79 Å². The number of hydrogen-bond acceptors (Lipinski definition) is 2. The molecule has 0 spiro atoms. The molecule has 7 heteroatoms. The van der Waals surface area contributed by atoms with Crippen LogP contribution >= 0.6 is 0 Å². The normalized spacial score (nSPS) is 13.0. The summed E-state index contributed by atoms with van der Waals surface area (Å²) in [5.41, 5.74) is -1.08. The predicted molar refractivity (Wildman–Crippen MR) is 69.6 cm³/mol. The summed E-state index contributed by atoms with van der Waals surface area (Å²) < 4.78 is 38.4. The average molecular weight is 303 g/mol. The van der Waals surface area contributed by atoms with Crippen LogP contribution in [-0.2, 0) is 22.2 Å². The molecule has 0 fully saturated rings. The van der Waals surface area contributed by atoms with Crippen LogP contribution in [-0.4, -0.2) is 23.0 Å². The summed E-state index contributed by atoms with van der Waals surface area (Å²) in [6.45, 7) is 3.20. The van der Waals surface area contributed by atoms with Crippen molar-refractivity contribution in [1.82, 2.24) is 5.32 Å². The molecule has 0 saturated heterocycles. The second-order valence-corrected chi connectivity index (χ2v) is 4.96. The molecular weight excluding hydrogens is 287 g/mol. The molecule has 1 rings (SSSR count). The first-order chi connectivity index (χ1) is 9.62. The van der Waals surface area contributed by atoms with Crippen molar-refractivity contribution in [3.05, 3.63) is 35.4 Å². The third-order valence-electron chi connectivity index (χ3n) is 2.92. The first-order valence-electron chi connectivity index (χ1n) is 6.30. The van der Waals surface area contributed by atoms with E-state index in [0.717, 1.165) is 6.07 Å². The topological polar surface area (TPSA) is 66.4 Å². The molecule has 0 radical (unpaired) electrons. The minimum atomic E-state index is -4.55. The summed E-state index contributed by atoms with van der Waals surface area (Å²) in [5, 5.41) is 11.2. The highest BCUT2D eigenvalue weighted by molar-refractivity contribution is 5.85. The Hall–Kier alpha value is -2.05. The number of nitrogens with one attached hydrogen (secondary N) is 1. The van der Waals surface area contributed by atoms with Crippen molar-refractivity contribution in [1.29, 1.82) is 0 Å². The zero-order valence-corrected chi connectivity index (χ0v) is 11.6. The lowest BCUT2D eigenvalue weighted by atomic mass is 10.0. The molecule has 2 N–H and O–H groups in total. The number of carboxylic acid groups (broad SMARTS) is 1. The fourth-order valence-electron chi connectivity index (χ4n) is 1.86. The van der Waals surface area contributed by atoms with Gasteiger partial charge in [0.25, 0.3) is 0 Å². The van der Waals surface area contributed by atoms with E-state index in [1.165, 1.54) is 18.2 Å². The summed E-state index contributed by atoms with van der Waals surface area (Å²) in [5.74, 6) is -2.35. The number of rotatable bonds is 5. The second kappa shape index (κ2) is 6.60. The van der Waals surface area contributed by atoms with Gasteiger partial charge in [-0.15, -0.1) is 0 Å². The molecule has 0 aliphatic rings. The Morgan fingerprint density at radius 3 is 2.29 bits per heavy atom. The fourth-order valence-corrected chi connectivity index (χ4v) is 1.86. The third kappa shape index (κ3) is 4.77. The second-order valence-electron chi connectivity index (χ2n) is 4.96. The molecule has 1 aromatic carbocycles.